The number of carbonyl (C=O) groups excluding carboxylic acids is 2. The first-order valence-electron chi connectivity index (χ1n) is 9.85. The van der Waals surface area contributed by atoms with Crippen LogP contribution in [0.2, 0.25) is 0 Å². The molecule has 0 spiro atoms. The van der Waals surface area contributed by atoms with Crippen LogP contribution in [0.4, 0.5) is 0 Å². The van der Waals surface area contributed by atoms with Crippen molar-refractivity contribution in [2.24, 2.45) is 0 Å². The molecule has 1 fully saturated rings. The Morgan fingerprint density at radius 2 is 1.83 bits per heavy atom. The molecule has 1 unspecified atom stereocenters. The molecule has 156 valence electrons. The molecule has 1 N–H and O–H groups in total. The number of hydrogen-bond donors (Lipinski definition) is 1. The Kier molecular flexibility index (Phi) is 5.46. The molecule has 0 saturated carbocycles. The number of aliphatic hydroxyl groups is 1. The Hall–Kier alpha value is -3.32. The maximum Gasteiger partial charge on any atom is 0.295 e. The molecule has 1 amide bonds. The minimum Gasteiger partial charge on any atom is -0.507 e. The van der Waals surface area contributed by atoms with Crippen LogP contribution in [0.15, 0.2) is 54.1 Å². The molecule has 2 aromatic carbocycles. The number of ether oxygens (including phenoxy) is 2. The number of carbonyl (C=O) groups is 2. The maximum atomic E-state index is 13.0. The van der Waals surface area contributed by atoms with Crippen molar-refractivity contribution in [2.75, 3.05) is 34.0 Å². The van der Waals surface area contributed by atoms with E-state index >= 15 is 0 Å². The number of likely N-dealkylation sites (tertiary alicyclic amines) is 1. The Labute approximate surface area is 175 Å². The maximum absolute atomic E-state index is 13.0. The number of ketones is 1. The van der Waals surface area contributed by atoms with Crippen LogP contribution in [0.5, 0.6) is 11.5 Å². The van der Waals surface area contributed by atoms with Crippen LogP contribution in [0.1, 0.15) is 23.6 Å². The highest BCUT2D eigenvalue weighted by Gasteiger charge is 2.45. The SMILES string of the molecule is CN(C)CCCN1C(=O)C(=O)/C(=C(/O)c2ccc3c(c2)OCO3)C1c1ccccc1. The third kappa shape index (κ3) is 3.64. The lowest BCUT2D eigenvalue weighted by atomic mass is 9.95. The number of aliphatic hydroxyl groups excluding tert-OH is 1. The summed E-state index contributed by atoms with van der Waals surface area (Å²) in [6.45, 7) is 1.31. The van der Waals surface area contributed by atoms with Crippen molar-refractivity contribution in [3.05, 3.63) is 65.2 Å². The van der Waals surface area contributed by atoms with Crippen LogP contribution in [-0.4, -0.2) is 60.6 Å². The van der Waals surface area contributed by atoms with Crippen LogP contribution in [0, 0.1) is 0 Å². The number of benzene rings is 2. The number of fused-ring (bicyclic) bond motifs is 1. The van der Waals surface area contributed by atoms with Gasteiger partial charge >= 0.3 is 0 Å². The van der Waals surface area contributed by atoms with Gasteiger partial charge in [0.2, 0.25) is 6.79 Å². The molecule has 7 heteroatoms. The van der Waals surface area contributed by atoms with Gasteiger partial charge in [0.1, 0.15) is 5.76 Å². The topological polar surface area (TPSA) is 79.3 Å². The minimum absolute atomic E-state index is 0.0925. The third-order valence-electron chi connectivity index (χ3n) is 5.31. The fraction of sp³-hybridized carbons (Fsp3) is 0.304. The van der Waals surface area contributed by atoms with Crippen molar-refractivity contribution in [3.63, 3.8) is 0 Å². The van der Waals surface area contributed by atoms with Crippen LogP contribution >= 0.6 is 0 Å². The first-order valence-corrected chi connectivity index (χ1v) is 9.85. The summed E-state index contributed by atoms with van der Waals surface area (Å²) in [5.41, 5.74) is 1.28. The van der Waals surface area contributed by atoms with Crippen LogP contribution in [0.25, 0.3) is 5.76 Å². The van der Waals surface area contributed by atoms with Gasteiger partial charge in [0.15, 0.2) is 11.5 Å². The Bertz CT molecular complexity index is 1000. The second-order valence-electron chi connectivity index (χ2n) is 7.63. The van der Waals surface area contributed by atoms with Crippen molar-refractivity contribution in [1.82, 2.24) is 9.80 Å². The average Bonchev–Trinajstić information content (AvgIpc) is 3.31. The quantitative estimate of drug-likeness (QED) is 0.450. The first kappa shape index (κ1) is 20.0. The van der Waals surface area contributed by atoms with Crippen molar-refractivity contribution in [1.29, 1.82) is 0 Å². The Balaban J connectivity index is 1.77. The molecule has 30 heavy (non-hydrogen) atoms. The van der Waals surface area contributed by atoms with E-state index in [0.717, 1.165) is 12.1 Å². The summed E-state index contributed by atoms with van der Waals surface area (Å²) >= 11 is 0. The summed E-state index contributed by atoms with van der Waals surface area (Å²) in [5.74, 6) is -0.407. The summed E-state index contributed by atoms with van der Waals surface area (Å²) in [6, 6.07) is 13.6. The number of hydrogen-bond acceptors (Lipinski definition) is 6. The van der Waals surface area contributed by atoms with Crippen molar-refractivity contribution < 1.29 is 24.2 Å². The van der Waals surface area contributed by atoms with Crippen molar-refractivity contribution >= 4 is 17.4 Å². The van der Waals surface area contributed by atoms with Crippen LogP contribution in [-0.2, 0) is 9.59 Å². The summed E-state index contributed by atoms with van der Waals surface area (Å²) in [4.78, 5) is 29.4. The predicted octanol–water partition coefficient (Wildman–Crippen LogP) is 2.79. The van der Waals surface area contributed by atoms with Crippen molar-refractivity contribution in [3.8, 4) is 11.5 Å². The van der Waals surface area contributed by atoms with E-state index in [1.165, 1.54) is 0 Å². The molecule has 2 heterocycles. The second-order valence-corrected chi connectivity index (χ2v) is 7.63. The largest absolute Gasteiger partial charge is 0.507 e. The van der Waals surface area contributed by atoms with Gasteiger partial charge in [-0.3, -0.25) is 9.59 Å². The highest BCUT2D eigenvalue weighted by atomic mass is 16.7. The minimum atomic E-state index is -0.677. The van der Waals surface area contributed by atoms with E-state index in [1.54, 1.807) is 23.1 Å². The summed E-state index contributed by atoms with van der Waals surface area (Å²) < 4.78 is 10.7. The van der Waals surface area contributed by atoms with Gasteiger partial charge in [-0.1, -0.05) is 30.3 Å². The molecule has 0 radical (unpaired) electrons. The monoisotopic (exact) mass is 408 g/mol. The van der Waals surface area contributed by atoms with Gasteiger partial charge < -0.3 is 24.4 Å². The lowest BCUT2D eigenvalue weighted by molar-refractivity contribution is -0.139. The zero-order valence-electron chi connectivity index (χ0n) is 17.0. The molecular weight excluding hydrogens is 384 g/mol. The summed E-state index contributed by atoms with van der Waals surface area (Å²) in [5, 5.41) is 11.1. The first-order chi connectivity index (χ1) is 14.5. The Morgan fingerprint density at radius 3 is 2.57 bits per heavy atom. The molecule has 1 saturated heterocycles. The number of Topliss-reactive ketones (excluding diaryl/α,β-unsaturated/α-hetero) is 1. The molecule has 0 bridgehead atoms. The van der Waals surface area contributed by atoms with Gasteiger partial charge in [-0.15, -0.1) is 0 Å². The molecule has 1 atom stereocenters. The molecule has 4 rings (SSSR count). The third-order valence-corrected chi connectivity index (χ3v) is 5.31. The van der Waals surface area contributed by atoms with E-state index in [4.69, 9.17) is 9.47 Å². The lowest BCUT2D eigenvalue weighted by Crippen LogP contribution is -2.32. The zero-order valence-corrected chi connectivity index (χ0v) is 17.0. The molecule has 0 aromatic heterocycles. The highest BCUT2D eigenvalue weighted by molar-refractivity contribution is 6.46. The van der Waals surface area contributed by atoms with E-state index in [-0.39, 0.29) is 18.1 Å². The fourth-order valence-corrected chi connectivity index (χ4v) is 3.85. The van der Waals surface area contributed by atoms with Crippen molar-refractivity contribution in [2.45, 2.75) is 12.5 Å². The second kappa shape index (κ2) is 8.20. The van der Waals surface area contributed by atoms with E-state index in [1.807, 2.05) is 49.3 Å². The van der Waals surface area contributed by atoms with Crippen LogP contribution < -0.4 is 9.47 Å². The Morgan fingerprint density at radius 1 is 1.10 bits per heavy atom. The normalized spacial score (nSPS) is 19.7. The smallest absolute Gasteiger partial charge is 0.295 e. The van der Waals surface area contributed by atoms with Gasteiger partial charge in [-0.2, -0.15) is 0 Å². The van der Waals surface area contributed by atoms with Crippen LogP contribution in [0.3, 0.4) is 0 Å². The fourth-order valence-electron chi connectivity index (χ4n) is 3.85. The van der Waals surface area contributed by atoms with Gasteiger partial charge in [0.25, 0.3) is 11.7 Å². The van der Waals surface area contributed by atoms with Gasteiger partial charge in [0.05, 0.1) is 11.6 Å². The summed E-state index contributed by atoms with van der Waals surface area (Å²) in [7, 11) is 3.92. The van der Waals surface area contributed by atoms with E-state index in [0.29, 0.717) is 30.0 Å². The number of amides is 1. The van der Waals surface area contributed by atoms with Gasteiger partial charge in [-0.25, -0.2) is 0 Å². The van der Waals surface area contributed by atoms with E-state index < -0.39 is 17.7 Å². The standard InChI is InChI=1S/C23H24N2O5/c1-24(2)11-6-12-25-20(15-7-4-3-5-8-15)19(22(27)23(25)28)21(26)16-9-10-17-18(13-16)30-14-29-17/h3-5,7-10,13,20,26H,6,11-12,14H2,1-2H3/b21-19+. The van der Waals surface area contributed by atoms with E-state index in [2.05, 4.69) is 0 Å². The average molecular weight is 408 g/mol. The highest BCUT2D eigenvalue weighted by Crippen LogP contribution is 2.41. The summed E-state index contributed by atoms with van der Waals surface area (Å²) in [6.07, 6.45) is 0.716. The molecule has 2 aliphatic rings. The van der Waals surface area contributed by atoms with E-state index in [9.17, 15) is 14.7 Å². The number of nitrogens with zero attached hydrogens (tertiary/aromatic N) is 2. The molecule has 7 nitrogen and oxygen atoms in total. The number of rotatable bonds is 6. The van der Waals surface area contributed by atoms with Gasteiger partial charge in [-0.05, 0) is 50.8 Å². The molecular formula is C23H24N2O5. The zero-order chi connectivity index (χ0) is 21.3. The molecule has 0 aliphatic carbocycles. The molecule has 2 aromatic rings. The lowest BCUT2D eigenvalue weighted by Gasteiger charge is -2.26. The predicted molar refractivity (Wildman–Crippen MR) is 111 cm³/mol. The molecule has 2 aliphatic heterocycles. The van der Waals surface area contributed by atoms with Gasteiger partial charge in [0, 0.05) is 12.1 Å².